The normalized spacial score (nSPS) is 24.5. The summed E-state index contributed by atoms with van der Waals surface area (Å²) in [5, 5.41) is 48.7. The molecule has 0 radical (unpaired) electrons. The maximum absolute atomic E-state index is 12.2. The number of nitrogens with one attached hydrogen (secondary N) is 1. The van der Waals surface area contributed by atoms with E-state index in [1.807, 2.05) is 0 Å². The zero-order chi connectivity index (χ0) is 23.8. The number of phenolic OH excluding ortho intramolecular Hbond substituents is 2. The maximum Gasteiger partial charge on any atom is 0.244 e. The highest BCUT2D eigenvalue weighted by atomic mass is 16.6. The average molecular weight is 447 g/mol. The number of methoxy groups -OCH3 is 2. The molecule has 172 valence electrons. The van der Waals surface area contributed by atoms with Crippen LogP contribution in [-0.4, -0.2) is 46.4 Å². The molecule has 2 aromatic carbocycles. The predicted octanol–water partition coefficient (Wildman–Crippen LogP) is 2.82. The number of nitro groups is 2. The SMILES string of the molecule is COc1cccc([C@H]2N[C@@H](c3cccc(OC)c3O)[C@@H]([N+](=O)[O-])C(C)(C)[C@@H]2[N+](=O)[O-])c1O. The van der Waals surface area contributed by atoms with Crippen LogP contribution < -0.4 is 14.8 Å². The number of piperidine rings is 1. The molecule has 3 N–H and O–H groups in total. The number of ether oxygens (including phenoxy) is 2. The summed E-state index contributed by atoms with van der Waals surface area (Å²) in [6.07, 6.45) is 0. The van der Waals surface area contributed by atoms with E-state index in [1.165, 1.54) is 52.3 Å². The van der Waals surface area contributed by atoms with Crippen LogP contribution in [0.3, 0.4) is 0 Å². The maximum atomic E-state index is 12.2. The van der Waals surface area contributed by atoms with E-state index < -0.39 is 39.4 Å². The van der Waals surface area contributed by atoms with Crippen LogP contribution in [0.2, 0.25) is 0 Å². The molecule has 0 aliphatic carbocycles. The van der Waals surface area contributed by atoms with E-state index in [9.17, 15) is 30.4 Å². The van der Waals surface area contributed by atoms with E-state index in [0.29, 0.717) is 0 Å². The molecular formula is C21H25N3O8. The number of phenols is 2. The molecule has 3 rings (SSSR count). The fraction of sp³-hybridized carbons (Fsp3) is 0.429. The van der Waals surface area contributed by atoms with Gasteiger partial charge in [-0.2, -0.15) is 0 Å². The summed E-state index contributed by atoms with van der Waals surface area (Å²) in [7, 11) is 2.70. The minimum atomic E-state index is -1.49. The zero-order valence-corrected chi connectivity index (χ0v) is 18.0. The quantitative estimate of drug-likeness (QED) is 0.447. The van der Waals surface area contributed by atoms with Gasteiger partial charge >= 0.3 is 0 Å². The zero-order valence-electron chi connectivity index (χ0n) is 18.0. The molecule has 1 fully saturated rings. The molecule has 1 heterocycles. The van der Waals surface area contributed by atoms with Crippen LogP contribution in [0.4, 0.5) is 0 Å². The van der Waals surface area contributed by atoms with Gasteiger partial charge in [0.15, 0.2) is 23.0 Å². The molecule has 32 heavy (non-hydrogen) atoms. The molecule has 2 aromatic rings. The Labute approximate surface area is 183 Å². The third kappa shape index (κ3) is 3.64. The molecular weight excluding hydrogens is 422 g/mol. The van der Waals surface area contributed by atoms with Gasteiger partial charge in [-0.1, -0.05) is 24.3 Å². The van der Waals surface area contributed by atoms with Crippen molar-refractivity contribution in [2.45, 2.75) is 38.0 Å². The number of para-hydroxylation sites is 2. The lowest BCUT2D eigenvalue weighted by Crippen LogP contribution is -2.63. The number of benzene rings is 2. The molecule has 0 amide bonds. The fourth-order valence-corrected chi connectivity index (χ4v) is 4.63. The van der Waals surface area contributed by atoms with E-state index in [2.05, 4.69) is 5.32 Å². The van der Waals surface area contributed by atoms with Gasteiger partial charge in [-0.15, -0.1) is 0 Å². The van der Waals surface area contributed by atoms with Crippen LogP contribution in [0.5, 0.6) is 23.0 Å². The Bertz CT molecular complexity index is 962. The first-order chi connectivity index (χ1) is 15.1. The van der Waals surface area contributed by atoms with Gasteiger partial charge in [0.05, 0.1) is 14.2 Å². The van der Waals surface area contributed by atoms with Crippen LogP contribution >= 0.6 is 0 Å². The molecule has 1 aliphatic rings. The van der Waals surface area contributed by atoms with Crippen LogP contribution in [0.1, 0.15) is 37.1 Å². The van der Waals surface area contributed by atoms with Crippen molar-refractivity contribution in [3.05, 3.63) is 67.8 Å². The van der Waals surface area contributed by atoms with Crippen molar-refractivity contribution in [1.29, 1.82) is 0 Å². The highest BCUT2D eigenvalue weighted by molar-refractivity contribution is 5.50. The third-order valence-corrected chi connectivity index (χ3v) is 6.14. The number of aromatic hydroxyl groups is 2. The molecule has 1 aliphatic heterocycles. The van der Waals surface area contributed by atoms with Crippen molar-refractivity contribution < 1.29 is 29.5 Å². The molecule has 11 heteroatoms. The third-order valence-electron chi connectivity index (χ3n) is 6.14. The Balaban J connectivity index is 2.25. The first kappa shape index (κ1) is 23.1. The lowest BCUT2D eigenvalue weighted by molar-refractivity contribution is -0.605. The first-order valence-electron chi connectivity index (χ1n) is 9.81. The summed E-state index contributed by atoms with van der Waals surface area (Å²) in [6, 6.07) is 3.93. The van der Waals surface area contributed by atoms with E-state index >= 15 is 0 Å². The summed E-state index contributed by atoms with van der Waals surface area (Å²) in [6.45, 7) is 2.90. The van der Waals surface area contributed by atoms with Gasteiger partial charge in [-0.05, 0) is 26.0 Å². The standard InChI is InChI=1S/C21H25N3O8/c1-21(2)19(23(27)28)15(11-7-5-9-13(31-3)17(11)25)22-16(20(21)24(29)30)12-8-6-10-14(32-4)18(12)26/h5-10,15-16,19-20,22,25-26H,1-4H3/t15-,16+,19-,20-/m1/s1. The average Bonchev–Trinajstić information content (AvgIpc) is 2.72. The summed E-state index contributed by atoms with van der Waals surface area (Å²) in [5.41, 5.74) is -1.17. The van der Waals surface area contributed by atoms with Crippen LogP contribution in [0, 0.1) is 25.6 Å². The summed E-state index contributed by atoms with van der Waals surface area (Å²) >= 11 is 0. The number of hydrogen-bond donors (Lipinski definition) is 3. The van der Waals surface area contributed by atoms with Gasteiger partial charge in [-0.25, -0.2) is 0 Å². The highest BCUT2D eigenvalue weighted by Gasteiger charge is 2.63. The van der Waals surface area contributed by atoms with Gasteiger partial charge in [0.2, 0.25) is 12.1 Å². The van der Waals surface area contributed by atoms with Gasteiger partial charge in [0.25, 0.3) is 0 Å². The highest BCUT2D eigenvalue weighted by Crippen LogP contribution is 2.50. The Morgan fingerprint density at radius 2 is 1.22 bits per heavy atom. The fourth-order valence-electron chi connectivity index (χ4n) is 4.63. The molecule has 11 nitrogen and oxygen atoms in total. The van der Waals surface area contributed by atoms with E-state index in [1.54, 1.807) is 12.1 Å². The monoisotopic (exact) mass is 447 g/mol. The van der Waals surface area contributed by atoms with Crippen LogP contribution in [-0.2, 0) is 0 Å². The van der Waals surface area contributed by atoms with E-state index in [0.717, 1.165) is 0 Å². The summed E-state index contributed by atoms with van der Waals surface area (Å²) in [5.74, 6) is -0.380. The lowest BCUT2D eigenvalue weighted by Gasteiger charge is -2.44. The van der Waals surface area contributed by atoms with E-state index in [-0.39, 0.29) is 34.1 Å². The Hall–Kier alpha value is -3.60. The Morgan fingerprint density at radius 3 is 1.53 bits per heavy atom. The van der Waals surface area contributed by atoms with Gasteiger partial charge in [0.1, 0.15) is 17.5 Å². The predicted molar refractivity (Wildman–Crippen MR) is 113 cm³/mol. The summed E-state index contributed by atoms with van der Waals surface area (Å²) < 4.78 is 10.3. The smallest absolute Gasteiger partial charge is 0.244 e. The second-order valence-corrected chi connectivity index (χ2v) is 8.20. The van der Waals surface area contributed by atoms with Crippen molar-refractivity contribution in [3.8, 4) is 23.0 Å². The second-order valence-electron chi connectivity index (χ2n) is 8.20. The molecule has 0 unspecified atom stereocenters. The Kier molecular flexibility index (Phi) is 6.13. The second kappa shape index (κ2) is 8.50. The molecule has 0 aromatic heterocycles. The molecule has 1 saturated heterocycles. The van der Waals surface area contributed by atoms with Gasteiger partial charge in [-0.3, -0.25) is 25.5 Å². The lowest BCUT2D eigenvalue weighted by atomic mass is 9.66. The number of nitrogens with zero attached hydrogens (tertiary/aromatic N) is 2. The largest absolute Gasteiger partial charge is 0.504 e. The molecule has 0 spiro atoms. The molecule has 4 atom stereocenters. The minimum Gasteiger partial charge on any atom is -0.504 e. The van der Waals surface area contributed by atoms with Crippen molar-refractivity contribution in [3.63, 3.8) is 0 Å². The van der Waals surface area contributed by atoms with E-state index in [4.69, 9.17) is 9.47 Å². The van der Waals surface area contributed by atoms with Crippen LogP contribution in [0.25, 0.3) is 0 Å². The minimum absolute atomic E-state index is 0.112. The first-order valence-corrected chi connectivity index (χ1v) is 9.81. The molecule has 0 saturated carbocycles. The van der Waals surface area contributed by atoms with Gasteiger partial charge < -0.3 is 19.7 Å². The van der Waals surface area contributed by atoms with Crippen molar-refractivity contribution in [2.24, 2.45) is 5.41 Å². The van der Waals surface area contributed by atoms with Gasteiger partial charge in [0, 0.05) is 21.0 Å². The topological polar surface area (TPSA) is 157 Å². The Morgan fingerprint density at radius 1 is 0.844 bits per heavy atom. The number of rotatable bonds is 6. The van der Waals surface area contributed by atoms with Crippen LogP contribution in [0.15, 0.2) is 36.4 Å². The summed E-state index contributed by atoms with van der Waals surface area (Å²) in [4.78, 5) is 23.2. The van der Waals surface area contributed by atoms with Crippen molar-refractivity contribution in [1.82, 2.24) is 5.32 Å². The molecule has 0 bridgehead atoms. The van der Waals surface area contributed by atoms with Crippen molar-refractivity contribution >= 4 is 0 Å². The number of hydrogen-bond acceptors (Lipinski definition) is 9. The van der Waals surface area contributed by atoms with Crippen molar-refractivity contribution in [2.75, 3.05) is 14.2 Å².